The molecule has 1 heterocycles. The van der Waals surface area contributed by atoms with Gasteiger partial charge in [-0.1, -0.05) is 54.9 Å². The van der Waals surface area contributed by atoms with Crippen LogP contribution in [0, 0.1) is 0 Å². The highest BCUT2D eigenvalue weighted by Crippen LogP contribution is 2.14. The van der Waals surface area contributed by atoms with Crippen molar-refractivity contribution >= 4 is 23.2 Å². The fraction of sp³-hybridized carbons (Fsp3) is 0.467. The van der Waals surface area contributed by atoms with Crippen LogP contribution in [0.25, 0.3) is 0 Å². The Labute approximate surface area is 119 Å². The molecule has 1 aromatic rings. The van der Waals surface area contributed by atoms with Crippen molar-refractivity contribution in [3.8, 4) is 0 Å². The van der Waals surface area contributed by atoms with Gasteiger partial charge in [0.25, 0.3) is 0 Å². The molecule has 2 rings (SSSR count). The van der Waals surface area contributed by atoms with Crippen LogP contribution in [0.1, 0.15) is 37.7 Å². The summed E-state index contributed by atoms with van der Waals surface area (Å²) in [6.07, 6.45) is 6.27. The summed E-state index contributed by atoms with van der Waals surface area (Å²) in [5, 5.41) is 5.58. The lowest BCUT2D eigenvalue weighted by Crippen LogP contribution is -2.22. The second-order valence-electron chi connectivity index (χ2n) is 4.71. The monoisotopic (exact) mass is 276 g/mol. The van der Waals surface area contributed by atoms with E-state index < -0.39 is 0 Å². The number of unbranched alkanes of at least 4 members (excludes halogenated alkanes) is 3. The van der Waals surface area contributed by atoms with Gasteiger partial charge in [-0.3, -0.25) is 4.79 Å². The van der Waals surface area contributed by atoms with E-state index in [4.69, 9.17) is 0 Å². The number of hydrogen-bond acceptors (Lipinski definition) is 3. The first-order valence-corrected chi connectivity index (χ1v) is 7.89. The van der Waals surface area contributed by atoms with Gasteiger partial charge in [0.15, 0.2) is 0 Å². The van der Waals surface area contributed by atoms with Crippen LogP contribution >= 0.6 is 11.8 Å². The third-order valence-electron chi connectivity index (χ3n) is 3.19. The molecule has 0 saturated carbocycles. The van der Waals surface area contributed by atoms with Crippen molar-refractivity contribution in [2.24, 2.45) is 5.10 Å². The Morgan fingerprint density at radius 2 is 1.95 bits per heavy atom. The van der Waals surface area contributed by atoms with Crippen LogP contribution in [0.3, 0.4) is 0 Å². The molecular weight excluding hydrogens is 256 g/mol. The molecule has 0 atom stereocenters. The lowest BCUT2D eigenvalue weighted by Gasteiger charge is -2.10. The van der Waals surface area contributed by atoms with Gasteiger partial charge in [-0.25, -0.2) is 5.01 Å². The zero-order valence-electron chi connectivity index (χ0n) is 11.1. The lowest BCUT2D eigenvalue weighted by molar-refractivity contribution is -0.130. The second-order valence-corrected chi connectivity index (χ2v) is 5.51. The molecule has 4 heteroatoms. The number of nitrogens with zero attached hydrogens (tertiary/aromatic N) is 2. The normalized spacial score (nSPS) is 14.0. The molecule has 0 saturated heterocycles. The average molecular weight is 276 g/mol. The zero-order valence-corrected chi connectivity index (χ0v) is 11.9. The topological polar surface area (TPSA) is 32.7 Å². The van der Waals surface area contributed by atoms with Gasteiger partial charge < -0.3 is 0 Å². The zero-order chi connectivity index (χ0) is 13.3. The van der Waals surface area contributed by atoms with Gasteiger partial charge in [-0.15, -0.1) is 0 Å². The largest absolute Gasteiger partial charge is 0.273 e. The molecule has 19 heavy (non-hydrogen) atoms. The van der Waals surface area contributed by atoms with Crippen molar-refractivity contribution in [1.82, 2.24) is 5.01 Å². The van der Waals surface area contributed by atoms with Crippen LogP contribution in [0.15, 0.2) is 35.4 Å². The van der Waals surface area contributed by atoms with Gasteiger partial charge >= 0.3 is 0 Å². The molecule has 3 nitrogen and oxygen atoms in total. The molecule has 0 unspecified atom stereocenters. The van der Waals surface area contributed by atoms with E-state index in [1.54, 1.807) is 22.3 Å². The summed E-state index contributed by atoms with van der Waals surface area (Å²) in [4.78, 5) is 11.7. The minimum Gasteiger partial charge on any atom is -0.273 e. The highest BCUT2D eigenvalue weighted by molar-refractivity contribution is 8.12. The molecule has 1 aliphatic rings. The van der Waals surface area contributed by atoms with E-state index in [1.165, 1.54) is 18.4 Å². The van der Waals surface area contributed by atoms with Crippen LogP contribution in [-0.2, 0) is 11.2 Å². The summed E-state index contributed by atoms with van der Waals surface area (Å²) in [5.41, 5.74) is 3.14. The molecule has 0 bridgehead atoms. The van der Waals surface area contributed by atoms with Crippen LogP contribution in [0.5, 0.6) is 0 Å². The fourth-order valence-electron chi connectivity index (χ4n) is 2.10. The molecule has 1 aromatic carbocycles. The number of benzene rings is 1. The predicted octanol–water partition coefficient (Wildman–Crippen LogP) is 3.66. The third kappa shape index (κ3) is 5.07. The van der Waals surface area contributed by atoms with E-state index in [-0.39, 0.29) is 5.91 Å². The van der Waals surface area contributed by atoms with Gasteiger partial charge in [-0.05, 0) is 24.8 Å². The van der Waals surface area contributed by atoms with E-state index in [2.05, 4.69) is 29.4 Å². The maximum Gasteiger partial charge on any atom is 0.243 e. The number of amides is 1. The number of carbonyl (C=O) groups is 1. The average Bonchev–Trinajstić information content (AvgIpc) is 2.98. The van der Waals surface area contributed by atoms with Gasteiger partial charge in [0.1, 0.15) is 0 Å². The van der Waals surface area contributed by atoms with E-state index in [0.717, 1.165) is 19.3 Å². The third-order valence-corrected chi connectivity index (χ3v) is 3.83. The highest BCUT2D eigenvalue weighted by atomic mass is 32.2. The van der Waals surface area contributed by atoms with E-state index >= 15 is 0 Å². The van der Waals surface area contributed by atoms with Gasteiger partial charge in [0.05, 0.1) is 11.4 Å². The first-order chi connectivity index (χ1) is 9.36. The molecule has 1 amide bonds. The number of carbonyl (C=O) groups excluding carboxylic acids is 1. The minimum absolute atomic E-state index is 0.157. The standard InChI is InChI=1S/C15H20N2OS/c18-15(17-13-19-12-16-17)11-7-2-1-4-8-14-9-5-3-6-10-14/h3,5-6,9-10,12H,1-2,4,7-8,11,13H2. The number of rotatable bonds is 7. The van der Waals surface area contributed by atoms with E-state index in [0.29, 0.717) is 12.3 Å². The molecule has 1 aliphatic heterocycles. The van der Waals surface area contributed by atoms with Crippen LogP contribution in [-0.4, -0.2) is 22.3 Å². The molecule has 102 valence electrons. The van der Waals surface area contributed by atoms with Gasteiger partial charge in [0, 0.05) is 6.42 Å². The molecular formula is C15H20N2OS. The first kappa shape index (κ1) is 14.1. The van der Waals surface area contributed by atoms with E-state index in [9.17, 15) is 4.79 Å². The predicted molar refractivity (Wildman–Crippen MR) is 81.0 cm³/mol. The Hall–Kier alpha value is -1.29. The molecule has 0 radical (unpaired) electrons. The Morgan fingerprint density at radius 3 is 2.68 bits per heavy atom. The quantitative estimate of drug-likeness (QED) is 0.712. The Balaban J connectivity index is 1.50. The summed E-state index contributed by atoms with van der Waals surface area (Å²) in [5.74, 6) is 0.844. The number of hydrogen-bond donors (Lipinski definition) is 0. The van der Waals surface area contributed by atoms with Crippen molar-refractivity contribution in [1.29, 1.82) is 0 Å². The van der Waals surface area contributed by atoms with Gasteiger partial charge in [-0.2, -0.15) is 5.10 Å². The van der Waals surface area contributed by atoms with Crippen LogP contribution in [0.2, 0.25) is 0 Å². The summed E-state index contributed by atoms with van der Waals surface area (Å²) in [7, 11) is 0. The molecule has 0 N–H and O–H groups in total. The van der Waals surface area contributed by atoms with Crippen molar-refractivity contribution in [3.05, 3.63) is 35.9 Å². The Morgan fingerprint density at radius 1 is 1.16 bits per heavy atom. The molecule has 0 spiro atoms. The number of hydrazone groups is 1. The van der Waals surface area contributed by atoms with Crippen molar-refractivity contribution in [2.45, 2.75) is 38.5 Å². The van der Waals surface area contributed by atoms with Gasteiger partial charge in [0.2, 0.25) is 5.91 Å². The van der Waals surface area contributed by atoms with E-state index in [1.807, 2.05) is 6.07 Å². The minimum atomic E-state index is 0.157. The SMILES string of the molecule is O=C(CCCCCCc1ccccc1)N1CSC=N1. The Kier molecular flexibility index (Phi) is 5.95. The molecule has 0 aliphatic carbocycles. The second kappa shape index (κ2) is 8.00. The van der Waals surface area contributed by atoms with Crippen molar-refractivity contribution in [2.75, 3.05) is 5.88 Å². The summed E-state index contributed by atoms with van der Waals surface area (Å²) < 4.78 is 0. The molecule has 0 aromatic heterocycles. The van der Waals surface area contributed by atoms with Crippen LogP contribution < -0.4 is 0 Å². The number of thioether (sulfide) groups is 1. The lowest BCUT2D eigenvalue weighted by atomic mass is 10.1. The summed E-state index contributed by atoms with van der Waals surface area (Å²) in [6, 6.07) is 10.6. The Bertz CT molecular complexity index is 419. The smallest absolute Gasteiger partial charge is 0.243 e. The summed E-state index contributed by atoms with van der Waals surface area (Å²) >= 11 is 1.57. The first-order valence-electron chi connectivity index (χ1n) is 6.84. The van der Waals surface area contributed by atoms with Crippen molar-refractivity contribution < 1.29 is 4.79 Å². The maximum absolute atomic E-state index is 11.7. The highest BCUT2D eigenvalue weighted by Gasteiger charge is 2.14. The summed E-state index contributed by atoms with van der Waals surface area (Å²) in [6.45, 7) is 0. The number of aryl methyl sites for hydroxylation is 1. The maximum atomic E-state index is 11.7. The van der Waals surface area contributed by atoms with Crippen molar-refractivity contribution in [3.63, 3.8) is 0 Å². The molecule has 0 fully saturated rings. The fourth-order valence-corrected chi connectivity index (χ4v) is 2.70. The van der Waals surface area contributed by atoms with Crippen LogP contribution in [0.4, 0.5) is 0 Å².